The van der Waals surface area contributed by atoms with Crippen LogP contribution in [0, 0.1) is 0 Å². The number of carbonyl (C=O) groups excluding carboxylic acids is 2. The van der Waals surface area contributed by atoms with Gasteiger partial charge in [0.2, 0.25) is 5.91 Å². The van der Waals surface area contributed by atoms with Crippen LogP contribution in [0.25, 0.3) is 0 Å². The van der Waals surface area contributed by atoms with E-state index in [1.54, 1.807) is 23.1 Å². The van der Waals surface area contributed by atoms with Gasteiger partial charge in [0.05, 0.1) is 5.56 Å². The van der Waals surface area contributed by atoms with Crippen LogP contribution in [0.15, 0.2) is 70.9 Å². The number of carbonyl (C=O) groups is 2. The van der Waals surface area contributed by atoms with Crippen molar-refractivity contribution in [3.05, 3.63) is 82.0 Å². The fourth-order valence-corrected chi connectivity index (χ4v) is 5.18. The highest BCUT2D eigenvalue weighted by Crippen LogP contribution is 2.28. The normalized spacial score (nSPS) is 13.7. The third-order valence-electron chi connectivity index (χ3n) is 4.81. The lowest BCUT2D eigenvalue weighted by molar-refractivity contribution is -0.128. The van der Waals surface area contributed by atoms with E-state index in [1.165, 1.54) is 4.88 Å². The molecule has 0 unspecified atom stereocenters. The molecular weight excluding hydrogens is 400 g/mol. The van der Waals surface area contributed by atoms with Gasteiger partial charge in [-0.2, -0.15) is 0 Å². The average Bonchev–Trinajstić information content (AvgIpc) is 3.39. The van der Waals surface area contributed by atoms with Gasteiger partial charge >= 0.3 is 0 Å². The molecule has 2 amide bonds. The molecule has 1 aliphatic heterocycles. The first kappa shape index (κ1) is 19.7. The molecule has 4 nitrogen and oxygen atoms in total. The molecule has 2 heterocycles. The molecule has 6 heteroatoms. The summed E-state index contributed by atoms with van der Waals surface area (Å²) in [6.45, 7) is 1.40. The Morgan fingerprint density at radius 2 is 2.00 bits per heavy atom. The molecular formula is C23H22N2O2S2. The quantitative estimate of drug-likeness (QED) is 0.518. The summed E-state index contributed by atoms with van der Waals surface area (Å²) in [7, 11) is 0. The van der Waals surface area contributed by atoms with Gasteiger partial charge in [-0.25, -0.2) is 0 Å². The van der Waals surface area contributed by atoms with Crippen LogP contribution in [0.5, 0.6) is 0 Å². The van der Waals surface area contributed by atoms with Crippen molar-refractivity contribution >= 4 is 40.6 Å². The third kappa shape index (κ3) is 5.08. The van der Waals surface area contributed by atoms with Crippen molar-refractivity contribution in [2.24, 2.45) is 0 Å². The Morgan fingerprint density at radius 3 is 2.79 bits per heavy atom. The largest absolute Gasteiger partial charge is 0.338 e. The minimum Gasteiger partial charge on any atom is -0.338 e. The molecule has 0 spiro atoms. The summed E-state index contributed by atoms with van der Waals surface area (Å²) in [6, 6.07) is 19.6. The van der Waals surface area contributed by atoms with Gasteiger partial charge in [-0.3, -0.25) is 9.59 Å². The fraction of sp³-hybridized carbons (Fsp3) is 0.217. The summed E-state index contributed by atoms with van der Waals surface area (Å²) >= 11 is 3.40. The Morgan fingerprint density at radius 1 is 1.10 bits per heavy atom. The molecule has 4 rings (SSSR count). The lowest BCUT2D eigenvalue weighted by Gasteiger charge is -2.16. The molecule has 3 aromatic rings. The number of benzene rings is 2. The second-order valence-electron chi connectivity index (χ2n) is 6.94. The number of nitrogens with one attached hydrogen (secondary N) is 1. The number of nitrogens with zero attached hydrogens (tertiary/aromatic N) is 1. The number of likely N-dealkylation sites (tertiary alicyclic amines) is 1. The number of thioether (sulfide) groups is 1. The van der Waals surface area contributed by atoms with Gasteiger partial charge in [-0.15, -0.1) is 23.1 Å². The summed E-state index contributed by atoms with van der Waals surface area (Å²) in [5.41, 5.74) is 2.45. The standard InChI is InChI=1S/C23H22N2O2S2/c26-22-11-4-12-25(22)15-17-6-3-7-18(14-17)24-23(27)20-9-1-2-10-21(20)29-16-19-8-5-13-28-19/h1-3,5-10,13-14H,4,11-12,15-16H2,(H,24,27). The highest BCUT2D eigenvalue weighted by Gasteiger charge is 2.20. The van der Waals surface area contributed by atoms with E-state index in [-0.39, 0.29) is 11.8 Å². The maximum atomic E-state index is 12.9. The lowest BCUT2D eigenvalue weighted by Crippen LogP contribution is -2.23. The van der Waals surface area contributed by atoms with Crippen LogP contribution in [0.4, 0.5) is 5.69 Å². The van der Waals surface area contributed by atoms with Gasteiger partial charge < -0.3 is 10.2 Å². The Balaban J connectivity index is 1.44. The van der Waals surface area contributed by atoms with Crippen LogP contribution in [-0.2, 0) is 17.1 Å². The number of amides is 2. The molecule has 148 valence electrons. The van der Waals surface area contributed by atoms with Gasteiger partial charge in [0.1, 0.15) is 0 Å². The molecule has 0 bridgehead atoms. The topological polar surface area (TPSA) is 49.4 Å². The molecule has 29 heavy (non-hydrogen) atoms. The molecule has 1 fully saturated rings. The molecule has 0 saturated carbocycles. The Bertz CT molecular complexity index is 1000. The van der Waals surface area contributed by atoms with Crippen LogP contribution in [0.2, 0.25) is 0 Å². The lowest BCUT2D eigenvalue weighted by atomic mass is 10.1. The summed E-state index contributed by atoms with van der Waals surface area (Å²) in [5.74, 6) is 0.936. The zero-order chi connectivity index (χ0) is 20.1. The predicted molar refractivity (Wildman–Crippen MR) is 119 cm³/mol. The van der Waals surface area contributed by atoms with E-state index in [0.717, 1.165) is 34.9 Å². The van der Waals surface area contributed by atoms with Crippen molar-refractivity contribution in [3.8, 4) is 0 Å². The van der Waals surface area contributed by atoms with Crippen molar-refractivity contribution < 1.29 is 9.59 Å². The number of thiophene rings is 1. The van der Waals surface area contributed by atoms with E-state index in [9.17, 15) is 9.59 Å². The first-order valence-electron chi connectivity index (χ1n) is 9.61. The van der Waals surface area contributed by atoms with Crippen LogP contribution in [0.3, 0.4) is 0 Å². The van der Waals surface area contributed by atoms with E-state index in [2.05, 4.69) is 16.8 Å². The van der Waals surface area contributed by atoms with E-state index < -0.39 is 0 Å². The van der Waals surface area contributed by atoms with Crippen LogP contribution in [0.1, 0.15) is 33.6 Å². The molecule has 1 saturated heterocycles. The predicted octanol–water partition coefficient (Wildman–Crippen LogP) is 5.42. The van der Waals surface area contributed by atoms with Crippen LogP contribution >= 0.6 is 23.1 Å². The Kier molecular flexibility index (Phi) is 6.32. The number of anilines is 1. The van der Waals surface area contributed by atoms with Crippen LogP contribution in [-0.4, -0.2) is 23.3 Å². The maximum Gasteiger partial charge on any atom is 0.256 e. The summed E-state index contributed by atoms with van der Waals surface area (Å²) in [4.78, 5) is 28.9. The minimum atomic E-state index is -0.117. The van der Waals surface area contributed by atoms with Crippen molar-refractivity contribution in [2.45, 2.75) is 30.0 Å². The van der Waals surface area contributed by atoms with Gasteiger partial charge in [0.25, 0.3) is 5.91 Å². The van der Waals surface area contributed by atoms with E-state index in [0.29, 0.717) is 18.5 Å². The van der Waals surface area contributed by atoms with Crippen molar-refractivity contribution in [2.75, 3.05) is 11.9 Å². The maximum absolute atomic E-state index is 12.9. The second kappa shape index (κ2) is 9.29. The fourth-order valence-electron chi connectivity index (χ4n) is 3.36. The van der Waals surface area contributed by atoms with Crippen molar-refractivity contribution in [1.82, 2.24) is 4.90 Å². The average molecular weight is 423 g/mol. The highest BCUT2D eigenvalue weighted by molar-refractivity contribution is 7.98. The van der Waals surface area contributed by atoms with E-state index >= 15 is 0 Å². The molecule has 0 radical (unpaired) electrons. The summed E-state index contributed by atoms with van der Waals surface area (Å²) < 4.78 is 0. The zero-order valence-corrected chi connectivity index (χ0v) is 17.6. The van der Waals surface area contributed by atoms with Crippen molar-refractivity contribution in [3.63, 3.8) is 0 Å². The summed E-state index contributed by atoms with van der Waals surface area (Å²) in [6.07, 6.45) is 1.56. The molecule has 1 aliphatic rings. The Labute approximate surface area is 178 Å². The van der Waals surface area contributed by atoms with Crippen LogP contribution < -0.4 is 5.32 Å². The number of hydrogen-bond donors (Lipinski definition) is 1. The monoisotopic (exact) mass is 422 g/mol. The highest BCUT2D eigenvalue weighted by atomic mass is 32.2. The first-order valence-corrected chi connectivity index (χ1v) is 11.5. The van der Waals surface area contributed by atoms with E-state index in [4.69, 9.17) is 0 Å². The van der Waals surface area contributed by atoms with Gasteiger partial charge in [-0.1, -0.05) is 30.3 Å². The van der Waals surface area contributed by atoms with Gasteiger partial charge in [0.15, 0.2) is 0 Å². The zero-order valence-electron chi connectivity index (χ0n) is 16.0. The SMILES string of the molecule is O=C(Nc1cccc(CN2CCCC2=O)c1)c1ccccc1SCc1cccs1. The molecule has 1 aromatic heterocycles. The van der Waals surface area contributed by atoms with Gasteiger partial charge in [-0.05, 0) is 47.7 Å². The molecule has 0 aliphatic carbocycles. The first-order chi connectivity index (χ1) is 14.2. The molecule has 0 atom stereocenters. The molecule has 1 N–H and O–H groups in total. The van der Waals surface area contributed by atoms with Gasteiger partial charge in [0, 0.05) is 40.7 Å². The third-order valence-corrected chi connectivity index (χ3v) is 6.99. The second-order valence-corrected chi connectivity index (χ2v) is 8.99. The van der Waals surface area contributed by atoms with Crippen molar-refractivity contribution in [1.29, 1.82) is 0 Å². The number of hydrogen-bond acceptors (Lipinski definition) is 4. The Hall–Kier alpha value is -2.57. The molecule has 2 aromatic carbocycles. The number of rotatable bonds is 7. The minimum absolute atomic E-state index is 0.117. The van der Waals surface area contributed by atoms with E-state index in [1.807, 2.05) is 59.5 Å². The smallest absolute Gasteiger partial charge is 0.256 e. The summed E-state index contributed by atoms with van der Waals surface area (Å²) in [5, 5.41) is 5.08.